The minimum atomic E-state index is -0.737. The average Bonchev–Trinajstić information content (AvgIpc) is 2.79. The van der Waals surface area contributed by atoms with E-state index in [1.165, 1.54) is 0 Å². The van der Waals surface area contributed by atoms with Crippen LogP contribution in [0.25, 0.3) is 0 Å². The number of methoxy groups -OCH3 is 1. The molecule has 1 N–H and O–H groups in total. The van der Waals surface area contributed by atoms with Gasteiger partial charge in [-0.2, -0.15) is 0 Å². The molecule has 0 heterocycles. The zero-order valence-electron chi connectivity index (χ0n) is 10.3. The predicted octanol–water partition coefficient (Wildman–Crippen LogP) is 2.90. The van der Waals surface area contributed by atoms with Crippen LogP contribution in [0.5, 0.6) is 5.75 Å². The summed E-state index contributed by atoms with van der Waals surface area (Å²) in [5, 5.41) is 9.55. The van der Waals surface area contributed by atoms with Crippen molar-refractivity contribution in [3.63, 3.8) is 0 Å². The van der Waals surface area contributed by atoms with Crippen LogP contribution in [0.1, 0.15) is 36.8 Å². The first-order valence-corrected chi connectivity index (χ1v) is 5.99. The Morgan fingerprint density at radius 3 is 2.53 bits per heavy atom. The van der Waals surface area contributed by atoms with Crippen LogP contribution < -0.4 is 4.74 Å². The Labute approximate surface area is 101 Å². The molecule has 1 aliphatic carbocycles. The van der Waals surface area contributed by atoms with E-state index in [0.717, 1.165) is 24.0 Å². The molecule has 0 spiro atoms. The molecular weight excluding hydrogens is 216 g/mol. The van der Waals surface area contributed by atoms with E-state index < -0.39 is 11.4 Å². The summed E-state index contributed by atoms with van der Waals surface area (Å²) in [7, 11) is 1.60. The van der Waals surface area contributed by atoms with E-state index in [4.69, 9.17) is 4.74 Å². The van der Waals surface area contributed by atoms with Crippen molar-refractivity contribution in [2.75, 3.05) is 7.11 Å². The highest BCUT2D eigenvalue weighted by Crippen LogP contribution is 2.45. The van der Waals surface area contributed by atoms with Gasteiger partial charge in [-0.05, 0) is 31.4 Å². The van der Waals surface area contributed by atoms with Crippen molar-refractivity contribution < 1.29 is 14.6 Å². The number of carbonyl (C=O) groups is 1. The molecular formula is C14H18O3. The molecule has 1 aromatic rings. The van der Waals surface area contributed by atoms with Gasteiger partial charge in [0.15, 0.2) is 0 Å². The van der Waals surface area contributed by atoms with E-state index in [-0.39, 0.29) is 0 Å². The lowest BCUT2D eigenvalue weighted by atomic mass is 9.78. The third-order valence-electron chi connectivity index (χ3n) is 3.74. The van der Waals surface area contributed by atoms with Gasteiger partial charge in [0.05, 0.1) is 12.5 Å². The lowest BCUT2D eigenvalue weighted by Crippen LogP contribution is -2.33. The second-order valence-electron chi connectivity index (χ2n) is 4.80. The fraction of sp³-hybridized carbons (Fsp3) is 0.500. The lowest BCUT2D eigenvalue weighted by Gasteiger charge is -2.26. The van der Waals surface area contributed by atoms with Crippen LogP contribution in [0.15, 0.2) is 18.2 Å². The first kappa shape index (κ1) is 12.0. The minimum Gasteiger partial charge on any atom is -0.496 e. The number of hydrogen-bond acceptors (Lipinski definition) is 2. The number of carboxylic acid groups (broad SMARTS) is 1. The molecule has 0 radical (unpaired) electrons. The molecule has 3 nitrogen and oxygen atoms in total. The summed E-state index contributed by atoms with van der Waals surface area (Å²) in [6.07, 6.45) is 3.37. The van der Waals surface area contributed by atoms with Crippen LogP contribution in [0.2, 0.25) is 0 Å². The van der Waals surface area contributed by atoms with E-state index >= 15 is 0 Å². The Morgan fingerprint density at radius 2 is 2.00 bits per heavy atom. The number of aryl methyl sites for hydroxylation is 1. The molecule has 0 amide bonds. The Morgan fingerprint density at radius 1 is 1.35 bits per heavy atom. The Kier molecular flexibility index (Phi) is 3.09. The second-order valence-corrected chi connectivity index (χ2v) is 4.80. The highest BCUT2D eigenvalue weighted by Gasteiger charge is 2.44. The van der Waals surface area contributed by atoms with E-state index in [1.54, 1.807) is 7.11 Å². The van der Waals surface area contributed by atoms with Crippen molar-refractivity contribution in [2.45, 2.75) is 38.0 Å². The Hall–Kier alpha value is -1.51. The van der Waals surface area contributed by atoms with Crippen molar-refractivity contribution >= 4 is 5.97 Å². The number of aliphatic carboxylic acids is 1. The molecule has 1 saturated carbocycles. The summed E-state index contributed by atoms with van der Waals surface area (Å²) >= 11 is 0. The van der Waals surface area contributed by atoms with Crippen LogP contribution in [0.3, 0.4) is 0 Å². The van der Waals surface area contributed by atoms with Gasteiger partial charge in [-0.15, -0.1) is 0 Å². The van der Waals surface area contributed by atoms with Gasteiger partial charge in [-0.25, -0.2) is 0 Å². The summed E-state index contributed by atoms with van der Waals surface area (Å²) in [5.41, 5.74) is 1.18. The van der Waals surface area contributed by atoms with Gasteiger partial charge in [0, 0.05) is 5.56 Å². The van der Waals surface area contributed by atoms with Crippen LogP contribution in [-0.4, -0.2) is 18.2 Å². The van der Waals surface area contributed by atoms with Gasteiger partial charge < -0.3 is 9.84 Å². The molecule has 1 aliphatic rings. The van der Waals surface area contributed by atoms with Crippen molar-refractivity contribution in [3.8, 4) is 5.75 Å². The van der Waals surface area contributed by atoms with Crippen molar-refractivity contribution in [1.82, 2.24) is 0 Å². The average molecular weight is 234 g/mol. The standard InChI is InChI=1S/C14H18O3/c1-10-5-6-11(12(9-10)17-2)14(13(15)16)7-3-4-8-14/h5-6,9H,3-4,7-8H2,1-2H3,(H,15,16). The van der Waals surface area contributed by atoms with E-state index in [9.17, 15) is 9.90 Å². The highest BCUT2D eigenvalue weighted by molar-refractivity contribution is 5.83. The summed E-state index contributed by atoms with van der Waals surface area (Å²) in [6.45, 7) is 1.98. The number of carboxylic acids is 1. The summed E-state index contributed by atoms with van der Waals surface area (Å²) in [6, 6.07) is 5.78. The third-order valence-corrected chi connectivity index (χ3v) is 3.74. The monoisotopic (exact) mass is 234 g/mol. The molecule has 92 valence electrons. The van der Waals surface area contributed by atoms with Gasteiger partial charge in [-0.1, -0.05) is 25.0 Å². The molecule has 0 atom stereocenters. The summed E-state index contributed by atoms with van der Waals surface area (Å²) < 4.78 is 5.35. The highest BCUT2D eigenvalue weighted by atomic mass is 16.5. The summed E-state index contributed by atoms with van der Waals surface area (Å²) in [4.78, 5) is 11.6. The van der Waals surface area contributed by atoms with E-state index in [1.807, 2.05) is 25.1 Å². The summed E-state index contributed by atoms with van der Waals surface area (Å²) in [5.74, 6) is -0.0218. The zero-order valence-corrected chi connectivity index (χ0v) is 10.3. The fourth-order valence-corrected chi connectivity index (χ4v) is 2.77. The topological polar surface area (TPSA) is 46.5 Å². The van der Waals surface area contributed by atoms with Gasteiger partial charge in [0.1, 0.15) is 5.75 Å². The molecule has 0 bridgehead atoms. The van der Waals surface area contributed by atoms with Crippen LogP contribution in [0.4, 0.5) is 0 Å². The first-order chi connectivity index (χ1) is 8.10. The van der Waals surface area contributed by atoms with E-state index in [0.29, 0.717) is 18.6 Å². The molecule has 2 rings (SSSR count). The smallest absolute Gasteiger partial charge is 0.314 e. The molecule has 17 heavy (non-hydrogen) atoms. The Balaban J connectivity index is 2.54. The lowest BCUT2D eigenvalue weighted by molar-refractivity contribution is -0.143. The predicted molar refractivity (Wildman–Crippen MR) is 65.5 cm³/mol. The maximum atomic E-state index is 11.6. The molecule has 1 fully saturated rings. The Bertz CT molecular complexity index is 431. The largest absolute Gasteiger partial charge is 0.496 e. The number of hydrogen-bond donors (Lipinski definition) is 1. The van der Waals surface area contributed by atoms with Crippen molar-refractivity contribution in [1.29, 1.82) is 0 Å². The van der Waals surface area contributed by atoms with Crippen molar-refractivity contribution in [3.05, 3.63) is 29.3 Å². The molecule has 1 aromatic carbocycles. The van der Waals surface area contributed by atoms with Crippen molar-refractivity contribution in [2.24, 2.45) is 0 Å². The van der Waals surface area contributed by atoms with Gasteiger partial charge in [-0.3, -0.25) is 4.79 Å². The molecule has 0 saturated heterocycles. The van der Waals surface area contributed by atoms with Gasteiger partial charge >= 0.3 is 5.97 Å². The number of rotatable bonds is 3. The van der Waals surface area contributed by atoms with Crippen LogP contribution in [-0.2, 0) is 10.2 Å². The van der Waals surface area contributed by atoms with Crippen LogP contribution >= 0.6 is 0 Å². The van der Waals surface area contributed by atoms with Gasteiger partial charge in [0.25, 0.3) is 0 Å². The second kappa shape index (κ2) is 4.40. The number of benzene rings is 1. The molecule has 0 unspecified atom stereocenters. The normalized spacial score (nSPS) is 18.0. The molecule has 3 heteroatoms. The zero-order chi connectivity index (χ0) is 12.5. The first-order valence-electron chi connectivity index (χ1n) is 5.99. The molecule has 0 aliphatic heterocycles. The quantitative estimate of drug-likeness (QED) is 0.874. The fourth-order valence-electron chi connectivity index (χ4n) is 2.77. The maximum absolute atomic E-state index is 11.6. The SMILES string of the molecule is COc1cc(C)ccc1C1(C(=O)O)CCCC1. The molecule has 0 aromatic heterocycles. The third kappa shape index (κ3) is 1.90. The van der Waals surface area contributed by atoms with Gasteiger partial charge in [0.2, 0.25) is 0 Å². The van der Waals surface area contributed by atoms with Crippen LogP contribution in [0, 0.1) is 6.92 Å². The van der Waals surface area contributed by atoms with E-state index in [2.05, 4.69) is 0 Å². The maximum Gasteiger partial charge on any atom is 0.314 e. The number of ether oxygens (including phenoxy) is 1. The minimum absolute atomic E-state index is 0.703.